The second kappa shape index (κ2) is 8.84. The number of pyridine rings is 1. The first-order valence-electron chi connectivity index (χ1n) is 9.89. The summed E-state index contributed by atoms with van der Waals surface area (Å²) in [6.45, 7) is 1.79. The normalized spacial score (nSPS) is 21.9. The fourth-order valence-corrected chi connectivity index (χ4v) is 4.28. The van der Waals surface area contributed by atoms with Crippen LogP contribution in [0.5, 0.6) is 5.75 Å². The van der Waals surface area contributed by atoms with Gasteiger partial charge in [-0.3, -0.25) is 14.7 Å². The van der Waals surface area contributed by atoms with Gasteiger partial charge < -0.3 is 14.4 Å². The molecular weight excluding hydrogens is 454 g/mol. The number of methoxy groups -OCH3 is 1. The number of carbonyl (C=O) groups is 1. The van der Waals surface area contributed by atoms with Gasteiger partial charge in [0.2, 0.25) is 0 Å². The average Bonchev–Trinajstić information content (AvgIpc) is 2.77. The van der Waals surface area contributed by atoms with Crippen molar-refractivity contribution in [3.63, 3.8) is 0 Å². The molecule has 3 heterocycles. The van der Waals surface area contributed by atoms with E-state index in [1.165, 1.54) is 7.11 Å². The number of piperazine rings is 1. The van der Waals surface area contributed by atoms with Crippen molar-refractivity contribution in [2.45, 2.75) is 18.3 Å². The molecule has 1 aromatic heterocycles. The summed E-state index contributed by atoms with van der Waals surface area (Å²) in [4.78, 5) is 20.5. The van der Waals surface area contributed by atoms with Crippen LogP contribution in [-0.2, 0) is 10.9 Å². The van der Waals surface area contributed by atoms with Crippen molar-refractivity contribution in [1.29, 1.82) is 0 Å². The minimum atomic E-state index is -4.81. The van der Waals surface area contributed by atoms with Crippen molar-refractivity contribution in [3.05, 3.63) is 58.1 Å². The highest BCUT2D eigenvalue weighted by Crippen LogP contribution is 2.34. The van der Waals surface area contributed by atoms with Gasteiger partial charge in [0.05, 0.1) is 47.8 Å². The van der Waals surface area contributed by atoms with Gasteiger partial charge in [0, 0.05) is 26.2 Å². The maximum absolute atomic E-state index is 13.5. The van der Waals surface area contributed by atoms with E-state index in [9.17, 15) is 22.4 Å². The summed E-state index contributed by atoms with van der Waals surface area (Å²) in [5, 5.41) is 0.241. The minimum Gasteiger partial charge on any atom is -0.495 e. The summed E-state index contributed by atoms with van der Waals surface area (Å²) in [7, 11) is 1.47. The van der Waals surface area contributed by atoms with Gasteiger partial charge in [-0.2, -0.15) is 13.2 Å². The third kappa shape index (κ3) is 4.39. The number of fused-ring (bicyclic) bond motifs is 1. The van der Waals surface area contributed by atoms with Crippen LogP contribution in [0.2, 0.25) is 5.02 Å². The van der Waals surface area contributed by atoms with Crippen LogP contribution in [0.3, 0.4) is 0 Å². The Morgan fingerprint density at radius 2 is 2.06 bits per heavy atom. The van der Waals surface area contributed by atoms with Gasteiger partial charge in [0.1, 0.15) is 11.9 Å². The zero-order valence-electron chi connectivity index (χ0n) is 17.0. The Kier molecular flexibility index (Phi) is 6.28. The zero-order chi connectivity index (χ0) is 23.0. The number of ether oxygens (including phenoxy) is 2. The van der Waals surface area contributed by atoms with Crippen LogP contribution in [-0.4, -0.2) is 66.6 Å². The van der Waals surface area contributed by atoms with E-state index < -0.39 is 23.7 Å². The van der Waals surface area contributed by atoms with Crippen LogP contribution in [0.1, 0.15) is 27.7 Å². The van der Waals surface area contributed by atoms with E-state index in [4.69, 9.17) is 21.1 Å². The standard InChI is InChI=1S/C21H20ClF4N3O3/c1-31-17-4-2-3-13(19(17)22)20(30)29-6-5-28-10-18(32-11-12(28)9-29)16-7-14(21(24,25)26)15(23)8-27-16/h2-4,7-8,12,18H,5-6,9-11H2,1H3/t12-,18-/m0/s1. The molecule has 0 unspecified atom stereocenters. The molecule has 6 nitrogen and oxygen atoms in total. The predicted molar refractivity (Wildman–Crippen MR) is 107 cm³/mol. The van der Waals surface area contributed by atoms with Crippen molar-refractivity contribution >= 4 is 17.5 Å². The molecule has 0 bridgehead atoms. The zero-order valence-corrected chi connectivity index (χ0v) is 17.8. The third-order valence-electron chi connectivity index (χ3n) is 5.71. The first-order valence-corrected chi connectivity index (χ1v) is 10.3. The van der Waals surface area contributed by atoms with Gasteiger partial charge >= 0.3 is 6.18 Å². The van der Waals surface area contributed by atoms with Crippen LogP contribution in [0.25, 0.3) is 0 Å². The number of halogens is 5. The van der Waals surface area contributed by atoms with Gasteiger partial charge in [-0.25, -0.2) is 4.39 Å². The lowest BCUT2D eigenvalue weighted by molar-refractivity contribution is -0.140. The van der Waals surface area contributed by atoms with Crippen LogP contribution in [0, 0.1) is 5.82 Å². The first kappa shape index (κ1) is 22.8. The number of alkyl halides is 3. The van der Waals surface area contributed by atoms with Crippen LogP contribution in [0.15, 0.2) is 30.5 Å². The van der Waals surface area contributed by atoms with Gasteiger partial charge in [0.25, 0.3) is 5.91 Å². The predicted octanol–water partition coefficient (Wildman–Crippen LogP) is 3.80. The number of rotatable bonds is 3. The quantitative estimate of drug-likeness (QED) is 0.635. The molecule has 0 aliphatic carbocycles. The second-order valence-corrected chi connectivity index (χ2v) is 8.01. The van der Waals surface area contributed by atoms with E-state index in [2.05, 4.69) is 4.98 Å². The third-order valence-corrected chi connectivity index (χ3v) is 6.10. The summed E-state index contributed by atoms with van der Waals surface area (Å²) < 4.78 is 63.6. The molecule has 2 aliphatic heterocycles. The summed E-state index contributed by atoms with van der Waals surface area (Å²) in [5.74, 6) is -1.24. The first-order chi connectivity index (χ1) is 15.2. The minimum absolute atomic E-state index is 0.0267. The molecule has 0 saturated carbocycles. The number of morpholine rings is 1. The molecule has 0 spiro atoms. The lowest BCUT2D eigenvalue weighted by Crippen LogP contribution is -2.59. The maximum Gasteiger partial charge on any atom is 0.419 e. The van der Waals surface area contributed by atoms with E-state index >= 15 is 0 Å². The lowest BCUT2D eigenvalue weighted by Gasteiger charge is -2.46. The molecule has 0 radical (unpaired) electrons. The summed E-state index contributed by atoms with van der Waals surface area (Å²) in [5.41, 5.74) is -0.998. The lowest BCUT2D eigenvalue weighted by atomic mass is 10.0. The number of aromatic nitrogens is 1. The monoisotopic (exact) mass is 473 g/mol. The van der Waals surface area contributed by atoms with Gasteiger partial charge in [-0.15, -0.1) is 0 Å². The molecule has 2 aromatic rings. The molecule has 172 valence electrons. The summed E-state index contributed by atoms with van der Waals surface area (Å²) in [6, 6.07) is 5.56. The number of nitrogens with zero attached hydrogens (tertiary/aromatic N) is 3. The summed E-state index contributed by atoms with van der Waals surface area (Å²) >= 11 is 6.28. The molecule has 4 rings (SSSR count). The second-order valence-electron chi connectivity index (χ2n) is 7.63. The van der Waals surface area contributed by atoms with Crippen LogP contribution < -0.4 is 4.74 Å². The number of hydrogen-bond acceptors (Lipinski definition) is 5. The Labute approximate surface area is 186 Å². The fourth-order valence-electron chi connectivity index (χ4n) is 4.00. The molecule has 1 amide bonds. The number of hydrogen-bond donors (Lipinski definition) is 0. The van der Waals surface area contributed by atoms with Crippen LogP contribution in [0.4, 0.5) is 17.6 Å². The number of benzene rings is 1. The SMILES string of the molecule is COc1cccc(C(=O)N2CCN3C[C@@H](c4cc(C(F)(F)F)c(F)cn4)OC[C@@H]3C2)c1Cl. The van der Waals surface area contributed by atoms with Crippen molar-refractivity contribution in [2.24, 2.45) is 0 Å². The highest BCUT2D eigenvalue weighted by molar-refractivity contribution is 6.35. The molecule has 2 saturated heterocycles. The number of carbonyl (C=O) groups excluding carboxylic acids is 1. The Bertz CT molecular complexity index is 1020. The van der Waals surface area contributed by atoms with Gasteiger partial charge in [0.15, 0.2) is 5.82 Å². The highest BCUT2D eigenvalue weighted by Gasteiger charge is 2.39. The Morgan fingerprint density at radius 1 is 1.28 bits per heavy atom. The molecule has 2 atom stereocenters. The smallest absolute Gasteiger partial charge is 0.419 e. The molecule has 11 heteroatoms. The van der Waals surface area contributed by atoms with E-state index in [0.29, 0.717) is 49.8 Å². The van der Waals surface area contributed by atoms with Crippen molar-refractivity contribution in [1.82, 2.24) is 14.8 Å². The molecule has 32 heavy (non-hydrogen) atoms. The Morgan fingerprint density at radius 3 is 2.78 bits per heavy atom. The summed E-state index contributed by atoms with van der Waals surface area (Å²) in [6.07, 6.45) is -4.96. The molecular formula is C21H20ClF4N3O3. The topological polar surface area (TPSA) is 54.9 Å². The van der Waals surface area contributed by atoms with Crippen molar-refractivity contribution in [2.75, 3.05) is 39.9 Å². The van der Waals surface area contributed by atoms with Crippen molar-refractivity contribution < 1.29 is 31.8 Å². The van der Waals surface area contributed by atoms with E-state index in [-0.39, 0.29) is 29.3 Å². The van der Waals surface area contributed by atoms with Gasteiger partial charge in [-0.05, 0) is 18.2 Å². The van der Waals surface area contributed by atoms with E-state index in [0.717, 1.165) is 0 Å². The highest BCUT2D eigenvalue weighted by atomic mass is 35.5. The van der Waals surface area contributed by atoms with Crippen molar-refractivity contribution in [3.8, 4) is 5.75 Å². The van der Waals surface area contributed by atoms with Crippen LogP contribution >= 0.6 is 11.6 Å². The largest absolute Gasteiger partial charge is 0.495 e. The van der Waals surface area contributed by atoms with Gasteiger partial charge in [-0.1, -0.05) is 17.7 Å². The fraction of sp³-hybridized carbons (Fsp3) is 0.429. The van der Waals surface area contributed by atoms with E-state index in [1.807, 2.05) is 4.90 Å². The van der Waals surface area contributed by atoms with E-state index in [1.54, 1.807) is 23.1 Å². The molecule has 2 fully saturated rings. The average molecular weight is 474 g/mol. The molecule has 1 aromatic carbocycles. The Hall–Kier alpha value is -2.43. The maximum atomic E-state index is 13.5. The number of amides is 1. The molecule has 0 N–H and O–H groups in total. The Balaban J connectivity index is 1.44. The molecule has 2 aliphatic rings.